The summed E-state index contributed by atoms with van der Waals surface area (Å²) in [4.78, 5) is 2.17. The maximum Gasteiger partial charge on any atom is 0.121 e. The second-order valence-corrected chi connectivity index (χ2v) is 4.39. The number of aliphatic hydroxyl groups is 1. The second kappa shape index (κ2) is 3.00. The van der Waals surface area contributed by atoms with Crippen LogP contribution < -0.4 is 0 Å². The summed E-state index contributed by atoms with van der Waals surface area (Å²) in [6.07, 6.45) is 7.26. The molecule has 0 aromatic heterocycles. The van der Waals surface area contributed by atoms with Crippen LogP contribution in [0.1, 0.15) is 38.5 Å². The molecule has 1 aliphatic carbocycles. The van der Waals surface area contributed by atoms with Crippen molar-refractivity contribution < 1.29 is 5.11 Å². The van der Waals surface area contributed by atoms with Gasteiger partial charge in [0.1, 0.15) is 5.72 Å². The molecular formula is C10H19NO. The average molecular weight is 169 g/mol. The van der Waals surface area contributed by atoms with Crippen molar-refractivity contribution in [2.75, 3.05) is 13.6 Å². The summed E-state index contributed by atoms with van der Waals surface area (Å²) >= 11 is 0. The standard InChI is InChI=1S/C10H19NO/c1-11-8-4-6-9-5-2-3-7-10(9,11)12/h9,12H,2-8H2,1H3. The summed E-state index contributed by atoms with van der Waals surface area (Å²) in [5, 5.41) is 10.4. The van der Waals surface area contributed by atoms with Crippen LogP contribution in [-0.4, -0.2) is 29.3 Å². The molecule has 1 heterocycles. The SMILES string of the molecule is CN1CCCC2CCCCC21O. The van der Waals surface area contributed by atoms with Crippen LogP contribution in [0.15, 0.2) is 0 Å². The molecule has 1 saturated heterocycles. The lowest BCUT2D eigenvalue weighted by Crippen LogP contribution is -2.56. The van der Waals surface area contributed by atoms with Crippen molar-refractivity contribution in [1.82, 2.24) is 4.90 Å². The van der Waals surface area contributed by atoms with Gasteiger partial charge in [-0.3, -0.25) is 4.90 Å². The first-order valence-corrected chi connectivity index (χ1v) is 5.17. The Morgan fingerprint density at radius 1 is 1.25 bits per heavy atom. The van der Waals surface area contributed by atoms with E-state index in [9.17, 15) is 5.11 Å². The van der Waals surface area contributed by atoms with Crippen LogP contribution in [-0.2, 0) is 0 Å². The maximum absolute atomic E-state index is 10.4. The summed E-state index contributed by atoms with van der Waals surface area (Å²) in [5.41, 5.74) is -0.434. The lowest BCUT2D eigenvalue weighted by atomic mass is 9.75. The molecule has 2 atom stereocenters. The van der Waals surface area contributed by atoms with Gasteiger partial charge in [0.25, 0.3) is 0 Å². The second-order valence-electron chi connectivity index (χ2n) is 4.39. The molecule has 2 rings (SSSR count). The third-order valence-corrected chi connectivity index (χ3v) is 3.71. The molecule has 0 bridgehead atoms. The van der Waals surface area contributed by atoms with Gasteiger partial charge in [0.15, 0.2) is 0 Å². The number of fused-ring (bicyclic) bond motifs is 1. The van der Waals surface area contributed by atoms with Crippen LogP contribution >= 0.6 is 0 Å². The van der Waals surface area contributed by atoms with Gasteiger partial charge in [-0.15, -0.1) is 0 Å². The highest BCUT2D eigenvalue weighted by atomic mass is 16.3. The minimum Gasteiger partial charge on any atom is -0.375 e. The summed E-state index contributed by atoms with van der Waals surface area (Å²) in [7, 11) is 2.07. The quantitative estimate of drug-likeness (QED) is 0.595. The molecular weight excluding hydrogens is 150 g/mol. The van der Waals surface area contributed by atoms with Gasteiger partial charge in [0.05, 0.1) is 0 Å². The molecule has 2 unspecified atom stereocenters. The lowest BCUT2D eigenvalue weighted by molar-refractivity contribution is -0.178. The van der Waals surface area contributed by atoms with E-state index in [1.54, 1.807) is 0 Å². The van der Waals surface area contributed by atoms with Gasteiger partial charge in [-0.2, -0.15) is 0 Å². The molecule has 1 N–H and O–H groups in total. The zero-order valence-electron chi connectivity index (χ0n) is 7.92. The first kappa shape index (κ1) is 8.52. The smallest absolute Gasteiger partial charge is 0.121 e. The Balaban J connectivity index is 2.14. The summed E-state index contributed by atoms with van der Waals surface area (Å²) in [6.45, 7) is 1.08. The third kappa shape index (κ3) is 1.17. The fourth-order valence-corrected chi connectivity index (χ4v) is 2.86. The van der Waals surface area contributed by atoms with Crippen LogP contribution in [0, 0.1) is 5.92 Å². The Bertz CT molecular complexity index is 169. The molecule has 12 heavy (non-hydrogen) atoms. The highest BCUT2D eigenvalue weighted by Gasteiger charge is 2.43. The fraction of sp³-hybridized carbons (Fsp3) is 1.00. The van der Waals surface area contributed by atoms with Crippen molar-refractivity contribution in [3.8, 4) is 0 Å². The highest BCUT2D eigenvalue weighted by Crippen LogP contribution is 2.41. The topological polar surface area (TPSA) is 23.5 Å². The van der Waals surface area contributed by atoms with Gasteiger partial charge in [-0.25, -0.2) is 0 Å². The van der Waals surface area contributed by atoms with Crippen molar-refractivity contribution in [2.24, 2.45) is 5.92 Å². The Morgan fingerprint density at radius 3 is 2.75 bits per heavy atom. The number of likely N-dealkylation sites (tertiary alicyclic amines) is 1. The van der Waals surface area contributed by atoms with Gasteiger partial charge in [0, 0.05) is 12.5 Å². The average Bonchev–Trinajstić information content (AvgIpc) is 2.07. The molecule has 1 aliphatic heterocycles. The largest absolute Gasteiger partial charge is 0.375 e. The molecule has 0 radical (unpaired) electrons. The van der Waals surface area contributed by atoms with E-state index < -0.39 is 5.72 Å². The Labute approximate surface area is 74.6 Å². The predicted molar refractivity (Wildman–Crippen MR) is 48.8 cm³/mol. The molecule has 70 valence electrons. The minimum absolute atomic E-state index is 0.434. The van der Waals surface area contributed by atoms with Gasteiger partial charge in [0.2, 0.25) is 0 Å². The molecule has 0 amide bonds. The van der Waals surface area contributed by atoms with Crippen molar-refractivity contribution in [1.29, 1.82) is 0 Å². The Morgan fingerprint density at radius 2 is 2.00 bits per heavy atom. The fourth-order valence-electron chi connectivity index (χ4n) is 2.86. The van der Waals surface area contributed by atoms with Crippen LogP contribution in [0.25, 0.3) is 0 Å². The number of rotatable bonds is 0. The first-order chi connectivity index (χ1) is 5.73. The number of hydrogen-bond acceptors (Lipinski definition) is 2. The van der Waals surface area contributed by atoms with E-state index >= 15 is 0 Å². The van der Waals surface area contributed by atoms with Crippen LogP contribution in [0.4, 0.5) is 0 Å². The first-order valence-electron chi connectivity index (χ1n) is 5.17. The zero-order chi connectivity index (χ0) is 8.60. The number of nitrogens with zero attached hydrogens (tertiary/aromatic N) is 1. The van der Waals surface area contributed by atoms with E-state index in [0.29, 0.717) is 5.92 Å². The summed E-state index contributed by atoms with van der Waals surface area (Å²) in [6, 6.07) is 0. The Hall–Kier alpha value is -0.0800. The Kier molecular flexibility index (Phi) is 2.13. The van der Waals surface area contributed by atoms with Crippen molar-refractivity contribution in [3.63, 3.8) is 0 Å². The van der Waals surface area contributed by atoms with E-state index in [0.717, 1.165) is 13.0 Å². The lowest BCUT2D eigenvalue weighted by Gasteiger charge is -2.49. The van der Waals surface area contributed by atoms with Gasteiger partial charge >= 0.3 is 0 Å². The number of piperidine rings is 1. The highest BCUT2D eigenvalue weighted by molar-refractivity contribution is 4.91. The van der Waals surface area contributed by atoms with Crippen molar-refractivity contribution in [3.05, 3.63) is 0 Å². The van der Waals surface area contributed by atoms with Crippen LogP contribution in [0.3, 0.4) is 0 Å². The molecule has 0 aromatic carbocycles. The monoisotopic (exact) mass is 169 g/mol. The zero-order valence-corrected chi connectivity index (χ0v) is 7.92. The molecule has 2 heteroatoms. The van der Waals surface area contributed by atoms with Gasteiger partial charge in [-0.1, -0.05) is 6.42 Å². The van der Waals surface area contributed by atoms with Crippen LogP contribution in [0.5, 0.6) is 0 Å². The van der Waals surface area contributed by atoms with E-state index in [1.807, 2.05) is 0 Å². The molecule has 0 aromatic rings. The minimum atomic E-state index is -0.434. The molecule has 2 nitrogen and oxygen atoms in total. The summed E-state index contributed by atoms with van der Waals surface area (Å²) < 4.78 is 0. The van der Waals surface area contributed by atoms with E-state index in [2.05, 4.69) is 11.9 Å². The molecule has 2 fully saturated rings. The molecule has 0 spiro atoms. The molecule has 2 aliphatic rings. The predicted octanol–water partition coefficient (Wildman–Crippen LogP) is 1.59. The normalized spacial score (nSPS) is 44.0. The van der Waals surface area contributed by atoms with Crippen LogP contribution in [0.2, 0.25) is 0 Å². The van der Waals surface area contributed by atoms with Gasteiger partial charge in [-0.05, 0) is 39.2 Å². The molecule has 1 saturated carbocycles. The third-order valence-electron chi connectivity index (χ3n) is 3.71. The van der Waals surface area contributed by atoms with E-state index in [4.69, 9.17) is 0 Å². The summed E-state index contributed by atoms with van der Waals surface area (Å²) in [5.74, 6) is 0.560. The maximum atomic E-state index is 10.4. The van der Waals surface area contributed by atoms with Crippen molar-refractivity contribution in [2.45, 2.75) is 44.2 Å². The van der Waals surface area contributed by atoms with E-state index in [1.165, 1.54) is 32.1 Å². The van der Waals surface area contributed by atoms with Gasteiger partial charge < -0.3 is 5.11 Å². The van der Waals surface area contributed by atoms with Crippen molar-refractivity contribution >= 4 is 0 Å². The van der Waals surface area contributed by atoms with E-state index in [-0.39, 0.29) is 0 Å². The number of hydrogen-bond donors (Lipinski definition) is 1.